The van der Waals surface area contributed by atoms with Crippen LogP contribution in [0.1, 0.15) is 10.4 Å². The maximum atomic E-state index is 11.8. The van der Waals surface area contributed by atoms with Crippen molar-refractivity contribution in [3.63, 3.8) is 0 Å². The van der Waals surface area contributed by atoms with E-state index in [1.807, 2.05) is 30.3 Å². The second-order valence-electron chi connectivity index (χ2n) is 4.90. The SMILES string of the molecule is O=Cc1ccc(OCC(=O)NCCSc2ccccc2)c([N+](=O)[O-])c1. The molecule has 2 aromatic rings. The van der Waals surface area contributed by atoms with Crippen molar-refractivity contribution in [2.45, 2.75) is 4.90 Å². The van der Waals surface area contributed by atoms with Crippen LogP contribution < -0.4 is 10.1 Å². The lowest BCUT2D eigenvalue weighted by Gasteiger charge is -2.08. The molecule has 0 saturated heterocycles. The minimum absolute atomic E-state index is 0.0515. The van der Waals surface area contributed by atoms with E-state index in [9.17, 15) is 19.7 Å². The third-order valence-corrected chi connectivity index (χ3v) is 4.12. The lowest BCUT2D eigenvalue weighted by Crippen LogP contribution is -2.30. The Balaban J connectivity index is 1.78. The van der Waals surface area contributed by atoms with Crippen LogP contribution in [-0.4, -0.2) is 36.0 Å². The Morgan fingerprint density at radius 2 is 2.00 bits per heavy atom. The zero-order valence-electron chi connectivity index (χ0n) is 13.2. The summed E-state index contributed by atoms with van der Waals surface area (Å²) in [5.41, 5.74) is -0.182. The maximum Gasteiger partial charge on any atom is 0.311 e. The first kappa shape index (κ1) is 18.5. The van der Waals surface area contributed by atoms with Crippen LogP contribution in [0, 0.1) is 10.1 Å². The van der Waals surface area contributed by atoms with Crippen molar-refractivity contribution >= 4 is 29.6 Å². The smallest absolute Gasteiger partial charge is 0.311 e. The molecule has 0 spiro atoms. The number of ether oxygens (including phenoxy) is 1. The number of hydrogen-bond donors (Lipinski definition) is 1. The van der Waals surface area contributed by atoms with Gasteiger partial charge < -0.3 is 10.1 Å². The summed E-state index contributed by atoms with van der Waals surface area (Å²) in [7, 11) is 0. The third-order valence-electron chi connectivity index (χ3n) is 3.11. The highest BCUT2D eigenvalue weighted by Gasteiger charge is 2.17. The number of carbonyl (C=O) groups excluding carboxylic acids is 2. The number of rotatable bonds is 9. The second-order valence-corrected chi connectivity index (χ2v) is 6.07. The lowest BCUT2D eigenvalue weighted by molar-refractivity contribution is -0.385. The topological polar surface area (TPSA) is 98.5 Å². The van der Waals surface area contributed by atoms with Crippen molar-refractivity contribution in [3.05, 3.63) is 64.2 Å². The number of nitro benzene ring substituents is 1. The fourth-order valence-corrected chi connectivity index (χ4v) is 2.73. The van der Waals surface area contributed by atoms with E-state index < -0.39 is 4.92 Å². The number of aldehydes is 1. The Hall–Kier alpha value is -2.87. The average molecular weight is 360 g/mol. The van der Waals surface area contributed by atoms with Gasteiger partial charge in [0.1, 0.15) is 6.29 Å². The number of amides is 1. The highest BCUT2D eigenvalue weighted by Crippen LogP contribution is 2.27. The molecule has 1 N–H and O–H groups in total. The molecule has 0 fully saturated rings. The van der Waals surface area contributed by atoms with Gasteiger partial charge in [0.05, 0.1) is 4.92 Å². The summed E-state index contributed by atoms with van der Waals surface area (Å²) in [5.74, 6) is 0.274. The minimum Gasteiger partial charge on any atom is -0.477 e. The van der Waals surface area contributed by atoms with E-state index in [0.717, 1.165) is 11.0 Å². The second kappa shape index (κ2) is 9.43. The van der Waals surface area contributed by atoms with Crippen molar-refractivity contribution in [2.75, 3.05) is 18.9 Å². The summed E-state index contributed by atoms with van der Waals surface area (Å²) in [6.07, 6.45) is 0.508. The van der Waals surface area contributed by atoms with Gasteiger partial charge in [-0.2, -0.15) is 0 Å². The number of hydrogen-bond acceptors (Lipinski definition) is 6. The fraction of sp³-hybridized carbons (Fsp3) is 0.176. The van der Waals surface area contributed by atoms with Gasteiger partial charge in [-0.15, -0.1) is 11.8 Å². The summed E-state index contributed by atoms with van der Waals surface area (Å²) in [5, 5.41) is 13.7. The first-order valence-electron chi connectivity index (χ1n) is 7.41. The van der Waals surface area contributed by atoms with E-state index in [4.69, 9.17) is 4.74 Å². The van der Waals surface area contributed by atoms with Gasteiger partial charge in [0.2, 0.25) is 0 Å². The van der Waals surface area contributed by atoms with Gasteiger partial charge in [0, 0.05) is 28.8 Å². The van der Waals surface area contributed by atoms with Crippen LogP contribution in [0.2, 0.25) is 0 Å². The van der Waals surface area contributed by atoms with E-state index in [1.54, 1.807) is 11.8 Å². The molecule has 2 aromatic carbocycles. The summed E-state index contributed by atoms with van der Waals surface area (Å²) in [4.78, 5) is 33.9. The summed E-state index contributed by atoms with van der Waals surface area (Å²) < 4.78 is 5.20. The molecule has 0 atom stereocenters. The third kappa shape index (κ3) is 5.92. The van der Waals surface area contributed by atoms with Gasteiger partial charge in [-0.25, -0.2) is 0 Å². The zero-order chi connectivity index (χ0) is 18.1. The molecule has 1 amide bonds. The van der Waals surface area contributed by atoms with Crippen LogP contribution in [0.4, 0.5) is 5.69 Å². The van der Waals surface area contributed by atoms with Crippen LogP contribution in [0.15, 0.2) is 53.4 Å². The predicted octanol–water partition coefficient (Wildman–Crippen LogP) is 2.69. The molecule has 0 unspecified atom stereocenters. The van der Waals surface area contributed by atoms with Crippen molar-refractivity contribution in [1.82, 2.24) is 5.32 Å². The van der Waals surface area contributed by atoms with Gasteiger partial charge in [-0.3, -0.25) is 19.7 Å². The Morgan fingerprint density at radius 3 is 2.68 bits per heavy atom. The first-order chi connectivity index (χ1) is 12.1. The van der Waals surface area contributed by atoms with Crippen molar-refractivity contribution in [3.8, 4) is 5.75 Å². The van der Waals surface area contributed by atoms with E-state index in [0.29, 0.717) is 18.6 Å². The molecule has 0 saturated carbocycles. The number of nitro groups is 1. The number of benzene rings is 2. The molecular formula is C17H16N2O5S. The van der Waals surface area contributed by atoms with Crippen molar-refractivity contribution in [1.29, 1.82) is 0 Å². The van der Waals surface area contributed by atoms with Crippen LogP contribution in [0.5, 0.6) is 5.75 Å². The molecule has 7 nitrogen and oxygen atoms in total. The highest BCUT2D eigenvalue weighted by molar-refractivity contribution is 7.99. The lowest BCUT2D eigenvalue weighted by atomic mass is 10.2. The Morgan fingerprint density at radius 1 is 1.24 bits per heavy atom. The molecular weight excluding hydrogens is 344 g/mol. The van der Waals surface area contributed by atoms with Gasteiger partial charge >= 0.3 is 5.69 Å². The largest absolute Gasteiger partial charge is 0.477 e. The van der Waals surface area contributed by atoms with E-state index >= 15 is 0 Å². The number of nitrogens with zero attached hydrogens (tertiary/aromatic N) is 1. The average Bonchev–Trinajstić information content (AvgIpc) is 2.64. The molecule has 0 aliphatic rings. The summed E-state index contributed by atoms with van der Waals surface area (Å²) in [6.45, 7) is 0.116. The minimum atomic E-state index is -0.656. The van der Waals surface area contributed by atoms with Crippen LogP contribution in [0.25, 0.3) is 0 Å². The molecule has 0 aliphatic heterocycles. The van der Waals surface area contributed by atoms with Gasteiger partial charge in [-0.1, -0.05) is 18.2 Å². The summed E-state index contributed by atoms with van der Waals surface area (Å²) in [6, 6.07) is 13.6. The van der Waals surface area contributed by atoms with Crippen LogP contribution in [0.3, 0.4) is 0 Å². The number of nitrogens with one attached hydrogen (secondary N) is 1. The molecule has 130 valence electrons. The number of thioether (sulfide) groups is 1. The normalized spacial score (nSPS) is 10.1. The summed E-state index contributed by atoms with van der Waals surface area (Å²) >= 11 is 1.61. The fourth-order valence-electron chi connectivity index (χ4n) is 1.94. The maximum absolute atomic E-state index is 11.8. The molecule has 0 aliphatic carbocycles. The molecule has 0 bridgehead atoms. The Labute approximate surface area is 148 Å². The molecule has 2 rings (SSSR count). The molecule has 0 aromatic heterocycles. The van der Waals surface area contributed by atoms with Gasteiger partial charge in [-0.05, 0) is 24.3 Å². The van der Waals surface area contributed by atoms with E-state index in [1.165, 1.54) is 12.1 Å². The van der Waals surface area contributed by atoms with Crippen LogP contribution in [-0.2, 0) is 4.79 Å². The molecule has 25 heavy (non-hydrogen) atoms. The van der Waals surface area contributed by atoms with Gasteiger partial charge in [0.25, 0.3) is 5.91 Å². The Kier molecular flexibility index (Phi) is 6.97. The monoisotopic (exact) mass is 360 g/mol. The predicted molar refractivity (Wildman–Crippen MR) is 94.2 cm³/mol. The van der Waals surface area contributed by atoms with E-state index in [2.05, 4.69) is 5.32 Å². The van der Waals surface area contributed by atoms with Crippen LogP contribution >= 0.6 is 11.8 Å². The molecule has 0 heterocycles. The Bertz CT molecular complexity index is 752. The van der Waals surface area contributed by atoms with Crippen molar-refractivity contribution < 1.29 is 19.2 Å². The van der Waals surface area contributed by atoms with Crippen molar-refractivity contribution in [2.24, 2.45) is 0 Å². The zero-order valence-corrected chi connectivity index (χ0v) is 14.0. The molecule has 8 heteroatoms. The molecule has 0 radical (unpaired) electrons. The number of carbonyl (C=O) groups is 2. The van der Waals surface area contributed by atoms with Gasteiger partial charge in [0.15, 0.2) is 12.4 Å². The first-order valence-corrected chi connectivity index (χ1v) is 8.39. The highest BCUT2D eigenvalue weighted by atomic mass is 32.2. The quantitative estimate of drug-likeness (QED) is 0.243. The standard InChI is InChI=1S/C17H16N2O5S/c20-11-13-6-7-16(15(10-13)19(22)23)24-12-17(21)18-8-9-25-14-4-2-1-3-5-14/h1-7,10-11H,8-9,12H2,(H,18,21). The van der Waals surface area contributed by atoms with E-state index in [-0.39, 0.29) is 29.5 Å².